The van der Waals surface area contributed by atoms with Gasteiger partial charge in [-0.15, -0.1) is 0 Å². The van der Waals surface area contributed by atoms with Gasteiger partial charge >= 0.3 is 0 Å². The van der Waals surface area contributed by atoms with Crippen LogP contribution in [0.15, 0.2) is 16.9 Å². The van der Waals surface area contributed by atoms with Gasteiger partial charge in [-0.1, -0.05) is 6.92 Å². The normalized spacial score (nSPS) is 31.2. The summed E-state index contributed by atoms with van der Waals surface area (Å²) in [5.41, 5.74) is 11.3. The van der Waals surface area contributed by atoms with Crippen LogP contribution < -0.4 is 16.8 Å². The molecule has 0 saturated carbocycles. The molecule has 1 aliphatic heterocycles. The summed E-state index contributed by atoms with van der Waals surface area (Å²) in [6, 6.07) is 0. The summed E-state index contributed by atoms with van der Waals surface area (Å²) in [7, 11) is 0. The van der Waals surface area contributed by atoms with Gasteiger partial charge in [-0.25, -0.2) is 4.99 Å². The third-order valence-corrected chi connectivity index (χ3v) is 1.65. The fourth-order valence-corrected chi connectivity index (χ4v) is 0.774. The summed E-state index contributed by atoms with van der Waals surface area (Å²) in [5, 5.41) is 2.77. The van der Waals surface area contributed by atoms with Crippen LogP contribution in [0.25, 0.3) is 0 Å². The van der Waals surface area contributed by atoms with Gasteiger partial charge < -0.3 is 16.8 Å². The standard InChI is InChI=1S/C6H12N4/c1-2-6(8)5(7)3-9-4-10-6/h3-4H,2,7-8H2,1H3,(H,9,10). The summed E-state index contributed by atoms with van der Waals surface area (Å²) in [6.45, 7) is 1.95. The van der Waals surface area contributed by atoms with Crippen molar-refractivity contribution in [2.24, 2.45) is 16.5 Å². The fraction of sp³-hybridized carbons (Fsp3) is 0.500. The Hall–Kier alpha value is -1.03. The molecule has 1 unspecified atom stereocenters. The summed E-state index contributed by atoms with van der Waals surface area (Å²) in [4.78, 5) is 4.01. The predicted octanol–water partition coefficient (Wildman–Crippen LogP) is -0.517. The van der Waals surface area contributed by atoms with Crippen LogP contribution in [0.3, 0.4) is 0 Å². The molecule has 0 amide bonds. The molecular formula is C6H12N4. The Morgan fingerprint density at radius 2 is 2.50 bits per heavy atom. The molecule has 0 aromatic rings. The van der Waals surface area contributed by atoms with E-state index < -0.39 is 5.66 Å². The summed E-state index contributed by atoms with van der Waals surface area (Å²) < 4.78 is 0. The number of nitrogens with one attached hydrogen (secondary N) is 1. The van der Waals surface area contributed by atoms with Crippen molar-refractivity contribution in [1.29, 1.82) is 0 Å². The van der Waals surface area contributed by atoms with E-state index >= 15 is 0 Å². The van der Waals surface area contributed by atoms with Crippen LogP contribution in [-0.4, -0.2) is 12.0 Å². The molecule has 5 N–H and O–H groups in total. The van der Waals surface area contributed by atoms with Crippen LogP contribution in [0.5, 0.6) is 0 Å². The molecule has 0 aliphatic carbocycles. The van der Waals surface area contributed by atoms with Gasteiger partial charge in [0.15, 0.2) is 5.66 Å². The number of nitrogens with zero attached hydrogens (tertiary/aromatic N) is 1. The first-order valence-corrected chi connectivity index (χ1v) is 3.24. The topological polar surface area (TPSA) is 76.4 Å². The lowest BCUT2D eigenvalue weighted by atomic mass is 10.1. The maximum absolute atomic E-state index is 5.77. The Kier molecular flexibility index (Phi) is 1.63. The maximum Gasteiger partial charge on any atom is 0.150 e. The van der Waals surface area contributed by atoms with E-state index in [-0.39, 0.29) is 0 Å². The summed E-state index contributed by atoms with van der Waals surface area (Å²) >= 11 is 0. The minimum Gasteiger partial charge on any atom is -0.398 e. The highest BCUT2D eigenvalue weighted by Crippen LogP contribution is 2.15. The highest BCUT2D eigenvalue weighted by atomic mass is 15.1. The van der Waals surface area contributed by atoms with Crippen LogP contribution in [-0.2, 0) is 0 Å². The van der Waals surface area contributed by atoms with E-state index in [2.05, 4.69) is 10.3 Å². The smallest absolute Gasteiger partial charge is 0.150 e. The van der Waals surface area contributed by atoms with Gasteiger partial charge in [0, 0.05) is 6.20 Å². The van der Waals surface area contributed by atoms with Gasteiger partial charge in [0.2, 0.25) is 0 Å². The minimum atomic E-state index is -0.675. The minimum absolute atomic E-state index is 0.581. The molecule has 4 nitrogen and oxygen atoms in total. The van der Waals surface area contributed by atoms with Crippen molar-refractivity contribution in [2.75, 3.05) is 0 Å². The first kappa shape index (κ1) is 7.08. The second kappa shape index (κ2) is 2.30. The van der Waals surface area contributed by atoms with Crippen molar-refractivity contribution in [2.45, 2.75) is 19.0 Å². The van der Waals surface area contributed by atoms with Crippen molar-refractivity contribution in [3.63, 3.8) is 0 Å². The Morgan fingerprint density at radius 3 is 2.90 bits per heavy atom. The molecule has 0 radical (unpaired) electrons. The molecule has 10 heavy (non-hydrogen) atoms. The predicted molar refractivity (Wildman–Crippen MR) is 41.1 cm³/mol. The number of rotatable bonds is 1. The number of hydrogen-bond donors (Lipinski definition) is 3. The zero-order chi connectivity index (χ0) is 7.61. The van der Waals surface area contributed by atoms with Crippen LogP contribution in [0.1, 0.15) is 13.3 Å². The Labute approximate surface area is 60.0 Å². The van der Waals surface area contributed by atoms with Crippen LogP contribution >= 0.6 is 0 Å². The van der Waals surface area contributed by atoms with Crippen molar-refractivity contribution < 1.29 is 0 Å². The first-order valence-electron chi connectivity index (χ1n) is 3.24. The van der Waals surface area contributed by atoms with E-state index in [0.29, 0.717) is 12.1 Å². The van der Waals surface area contributed by atoms with E-state index in [1.165, 1.54) is 0 Å². The Balaban J connectivity index is 2.83. The first-order chi connectivity index (χ1) is 4.69. The van der Waals surface area contributed by atoms with E-state index in [9.17, 15) is 0 Å². The van der Waals surface area contributed by atoms with Crippen molar-refractivity contribution in [3.05, 3.63) is 11.9 Å². The van der Waals surface area contributed by atoms with Crippen LogP contribution in [0, 0.1) is 0 Å². The second-order valence-electron chi connectivity index (χ2n) is 2.30. The largest absolute Gasteiger partial charge is 0.398 e. The molecule has 0 spiro atoms. The fourth-order valence-electron chi connectivity index (χ4n) is 0.774. The lowest BCUT2D eigenvalue weighted by molar-refractivity contribution is 0.492. The molecule has 56 valence electrons. The average molecular weight is 140 g/mol. The van der Waals surface area contributed by atoms with Gasteiger partial charge in [-0.2, -0.15) is 0 Å². The number of nitrogens with two attached hydrogens (primary N) is 2. The van der Waals surface area contributed by atoms with Crippen molar-refractivity contribution in [3.8, 4) is 0 Å². The molecule has 1 rings (SSSR count). The number of hydrogen-bond acceptors (Lipinski definition) is 4. The molecule has 0 aromatic heterocycles. The molecular weight excluding hydrogens is 128 g/mol. The van der Waals surface area contributed by atoms with Crippen molar-refractivity contribution in [1.82, 2.24) is 5.32 Å². The molecule has 0 fully saturated rings. The van der Waals surface area contributed by atoms with Gasteiger partial charge in [0.25, 0.3) is 0 Å². The summed E-state index contributed by atoms with van der Waals surface area (Å²) in [5.74, 6) is 0. The quantitative estimate of drug-likeness (QED) is 0.459. The van der Waals surface area contributed by atoms with E-state index in [1.54, 1.807) is 12.5 Å². The number of aliphatic imine (C=N–C) groups is 1. The molecule has 1 atom stereocenters. The molecule has 0 aromatic carbocycles. The van der Waals surface area contributed by atoms with Gasteiger partial charge in [0.05, 0.1) is 12.0 Å². The SMILES string of the molecule is CCC1(N)N=CNC=C1N. The Bertz CT molecular complexity index is 184. The van der Waals surface area contributed by atoms with Gasteiger partial charge in [-0.3, -0.25) is 0 Å². The molecule has 1 heterocycles. The van der Waals surface area contributed by atoms with E-state index in [1.807, 2.05) is 6.92 Å². The molecule has 4 heteroatoms. The van der Waals surface area contributed by atoms with Gasteiger partial charge in [-0.05, 0) is 6.42 Å². The highest BCUT2D eigenvalue weighted by Gasteiger charge is 2.25. The van der Waals surface area contributed by atoms with E-state index in [0.717, 1.165) is 0 Å². The maximum atomic E-state index is 5.77. The Morgan fingerprint density at radius 1 is 1.80 bits per heavy atom. The van der Waals surface area contributed by atoms with Gasteiger partial charge in [0.1, 0.15) is 0 Å². The van der Waals surface area contributed by atoms with Crippen molar-refractivity contribution >= 4 is 6.34 Å². The lowest BCUT2D eigenvalue weighted by Crippen LogP contribution is -2.45. The van der Waals surface area contributed by atoms with Crippen LogP contribution in [0.4, 0.5) is 0 Å². The monoisotopic (exact) mass is 140 g/mol. The third-order valence-electron chi connectivity index (χ3n) is 1.65. The molecule has 0 saturated heterocycles. The molecule has 1 aliphatic rings. The zero-order valence-electron chi connectivity index (χ0n) is 5.96. The lowest BCUT2D eigenvalue weighted by Gasteiger charge is -2.26. The zero-order valence-corrected chi connectivity index (χ0v) is 5.96. The summed E-state index contributed by atoms with van der Waals surface area (Å²) in [6.07, 6.45) is 3.93. The molecule has 0 bridgehead atoms. The van der Waals surface area contributed by atoms with Crippen LogP contribution in [0.2, 0.25) is 0 Å². The second-order valence-corrected chi connectivity index (χ2v) is 2.30. The highest BCUT2D eigenvalue weighted by molar-refractivity contribution is 5.59. The van der Waals surface area contributed by atoms with E-state index in [4.69, 9.17) is 11.5 Å². The average Bonchev–Trinajstić information content (AvgIpc) is 1.96. The third kappa shape index (κ3) is 0.974.